The molecule has 0 bridgehead atoms. The lowest BCUT2D eigenvalue weighted by Gasteiger charge is -2.13. The summed E-state index contributed by atoms with van der Waals surface area (Å²) < 4.78 is 1.94. The minimum Gasteiger partial charge on any atom is -0.334 e. The van der Waals surface area contributed by atoms with Crippen molar-refractivity contribution in [3.63, 3.8) is 0 Å². The topological polar surface area (TPSA) is 70.0 Å². The monoisotopic (exact) mass is 355 g/mol. The summed E-state index contributed by atoms with van der Waals surface area (Å²) in [5.41, 5.74) is 2.15. The van der Waals surface area contributed by atoms with Crippen molar-refractivity contribution in [1.29, 1.82) is 0 Å². The van der Waals surface area contributed by atoms with Gasteiger partial charge in [0, 0.05) is 6.42 Å². The van der Waals surface area contributed by atoms with E-state index in [1.54, 1.807) is 0 Å². The summed E-state index contributed by atoms with van der Waals surface area (Å²) in [7, 11) is 0. The molecule has 0 spiro atoms. The van der Waals surface area contributed by atoms with Gasteiger partial charge in [-0.25, -0.2) is 4.79 Å². The smallest absolute Gasteiger partial charge is 0.334 e. The minimum absolute atomic E-state index is 0.0279. The molecule has 0 aliphatic heterocycles. The van der Waals surface area contributed by atoms with Crippen molar-refractivity contribution in [1.82, 2.24) is 9.24 Å². The largest absolute Gasteiger partial charge is 0.351 e. The number of hydrogen-bond donors (Lipinski definition) is 1. The average Bonchev–Trinajstić information content (AvgIpc) is 2.63. The van der Waals surface area contributed by atoms with Gasteiger partial charge in [-0.05, 0) is 18.1 Å². The van der Waals surface area contributed by atoms with Crippen LogP contribution in [0.2, 0.25) is 5.15 Å². The number of benzene rings is 2. The SMILES string of the molecule is Cc1ccc(Cc2c(Cl)n(N)c(=O)n(Cc3ccccc3)c2=O)cc1. The Bertz CT molecular complexity index is 1010. The van der Waals surface area contributed by atoms with Crippen molar-refractivity contribution in [2.24, 2.45) is 0 Å². The van der Waals surface area contributed by atoms with Gasteiger partial charge in [0.05, 0.1) is 12.1 Å². The lowest BCUT2D eigenvalue weighted by atomic mass is 10.1. The van der Waals surface area contributed by atoms with Gasteiger partial charge in [-0.3, -0.25) is 9.36 Å². The first-order valence-corrected chi connectivity index (χ1v) is 8.24. The standard InChI is InChI=1S/C19H18ClN3O2/c1-13-7-9-14(10-8-13)11-16-17(20)23(21)19(25)22(18(16)24)12-15-5-3-2-4-6-15/h2-10H,11-12,21H2,1H3. The maximum absolute atomic E-state index is 12.8. The quantitative estimate of drug-likeness (QED) is 0.576. The van der Waals surface area contributed by atoms with Crippen LogP contribution in [-0.2, 0) is 13.0 Å². The van der Waals surface area contributed by atoms with Crippen molar-refractivity contribution in [3.05, 3.63) is 103 Å². The molecule has 0 atom stereocenters. The van der Waals surface area contributed by atoms with Crippen molar-refractivity contribution in [2.75, 3.05) is 5.84 Å². The van der Waals surface area contributed by atoms with E-state index in [-0.39, 0.29) is 11.7 Å². The van der Waals surface area contributed by atoms with Crippen molar-refractivity contribution < 1.29 is 0 Å². The van der Waals surface area contributed by atoms with Crippen LogP contribution in [0.1, 0.15) is 22.3 Å². The molecular weight excluding hydrogens is 338 g/mol. The molecule has 6 heteroatoms. The summed E-state index contributed by atoms with van der Waals surface area (Å²) in [4.78, 5) is 25.2. The van der Waals surface area contributed by atoms with E-state index in [2.05, 4.69) is 0 Å². The molecule has 3 rings (SSSR count). The summed E-state index contributed by atoms with van der Waals surface area (Å²) in [5, 5.41) is -0.0279. The number of hydrogen-bond acceptors (Lipinski definition) is 3. The van der Waals surface area contributed by atoms with Crippen LogP contribution in [0.3, 0.4) is 0 Å². The molecule has 1 aromatic heterocycles. The number of rotatable bonds is 4. The first-order chi connectivity index (χ1) is 12.0. The molecule has 0 radical (unpaired) electrons. The minimum atomic E-state index is -0.633. The summed E-state index contributed by atoms with van der Waals surface area (Å²) in [6.07, 6.45) is 0.310. The molecule has 1 heterocycles. The number of halogens is 1. The van der Waals surface area contributed by atoms with Gasteiger partial charge >= 0.3 is 5.69 Å². The molecule has 2 aromatic carbocycles. The van der Waals surface area contributed by atoms with Crippen molar-refractivity contribution in [2.45, 2.75) is 19.9 Å². The Labute approximate surface area is 149 Å². The Kier molecular flexibility index (Phi) is 4.76. The van der Waals surface area contributed by atoms with Crippen LogP contribution in [-0.4, -0.2) is 9.24 Å². The maximum atomic E-state index is 12.8. The highest BCUT2D eigenvalue weighted by Crippen LogP contribution is 2.14. The molecule has 0 saturated carbocycles. The lowest BCUT2D eigenvalue weighted by molar-refractivity contribution is 0.646. The third-order valence-electron chi connectivity index (χ3n) is 4.09. The Morgan fingerprint density at radius 1 is 0.960 bits per heavy atom. The van der Waals surface area contributed by atoms with Gasteiger partial charge in [0.25, 0.3) is 5.56 Å². The van der Waals surface area contributed by atoms with E-state index < -0.39 is 11.2 Å². The van der Waals surface area contributed by atoms with Crippen LogP contribution in [0.15, 0.2) is 64.2 Å². The Balaban J connectivity index is 2.08. The molecule has 0 amide bonds. The van der Waals surface area contributed by atoms with Crippen LogP contribution >= 0.6 is 11.6 Å². The zero-order valence-electron chi connectivity index (χ0n) is 13.8. The van der Waals surface area contributed by atoms with Gasteiger partial charge in [-0.1, -0.05) is 71.8 Å². The third-order valence-corrected chi connectivity index (χ3v) is 4.50. The summed E-state index contributed by atoms with van der Waals surface area (Å²) in [6.45, 7) is 2.14. The zero-order valence-corrected chi connectivity index (χ0v) is 14.5. The molecule has 0 aliphatic carbocycles. The van der Waals surface area contributed by atoms with Crippen molar-refractivity contribution in [3.8, 4) is 0 Å². The fraction of sp³-hybridized carbons (Fsp3) is 0.158. The molecule has 25 heavy (non-hydrogen) atoms. The van der Waals surface area contributed by atoms with E-state index in [0.717, 1.165) is 25.9 Å². The van der Waals surface area contributed by atoms with Crippen LogP contribution in [0.25, 0.3) is 0 Å². The predicted molar refractivity (Wildman–Crippen MR) is 99.7 cm³/mol. The molecule has 2 N–H and O–H groups in total. The van der Waals surface area contributed by atoms with Crippen LogP contribution < -0.4 is 17.1 Å². The maximum Gasteiger partial charge on any atom is 0.351 e. The van der Waals surface area contributed by atoms with Gasteiger partial charge in [0.1, 0.15) is 5.15 Å². The predicted octanol–water partition coefficient (Wildman–Crippen LogP) is 2.32. The molecule has 5 nitrogen and oxygen atoms in total. The number of aryl methyl sites for hydroxylation is 1. The average molecular weight is 356 g/mol. The van der Waals surface area contributed by atoms with Crippen LogP contribution in [0.5, 0.6) is 0 Å². The molecule has 0 saturated heterocycles. The number of nitrogens with two attached hydrogens (primary N) is 1. The van der Waals surface area contributed by atoms with Gasteiger partial charge < -0.3 is 5.84 Å². The fourth-order valence-electron chi connectivity index (χ4n) is 2.66. The lowest BCUT2D eigenvalue weighted by Crippen LogP contribution is -2.45. The highest BCUT2D eigenvalue weighted by molar-refractivity contribution is 6.30. The number of nitrogen functional groups attached to an aromatic ring is 1. The Morgan fingerprint density at radius 3 is 2.24 bits per heavy atom. The first-order valence-electron chi connectivity index (χ1n) is 7.86. The van der Waals surface area contributed by atoms with E-state index in [1.165, 1.54) is 0 Å². The zero-order chi connectivity index (χ0) is 18.0. The highest BCUT2D eigenvalue weighted by atomic mass is 35.5. The Morgan fingerprint density at radius 2 is 1.60 bits per heavy atom. The second-order valence-corrected chi connectivity index (χ2v) is 6.32. The van der Waals surface area contributed by atoms with E-state index >= 15 is 0 Å². The second kappa shape index (κ2) is 6.99. The summed E-state index contributed by atoms with van der Waals surface area (Å²) in [5.74, 6) is 5.80. The van der Waals surface area contributed by atoms with Gasteiger partial charge in [0.2, 0.25) is 0 Å². The molecule has 0 unspecified atom stereocenters. The molecule has 3 aromatic rings. The van der Waals surface area contributed by atoms with Gasteiger partial charge in [0.15, 0.2) is 0 Å². The molecule has 0 aliphatic rings. The van der Waals surface area contributed by atoms with E-state index in [1.807, 2.05) is 61.5 Å². The second-order valence-electron chi connectivity index (χ2n) is 5.96. The summed E-state index contributed by atoms with van der Waals surface area (Å²) in [6, 6.07) is 17.1. The Hall–Kier alpha value is -2.79. The van der Waals surface area contributed by atoms with E-state index in [9.17, 15) is 9.59 Å². The van der Waals surface area contributed by atoms with Crippen LogP contribution in [0.4, 0.5) is 0 Å². The highest BCUT2D eigenvalue weighted by Gasteiger charge is 2.17. The van der Waals surface area contributed by atoms with Crippen LogP contribution in [0, 0.1) is 6.92 Å². The van der Waals surface area contributed by atoms with E-state index in [4.69, 9.17) is 17.4 Å². The first kappa shape index (κ1) is 17.0. The summed E-state index contributed by atoms with van der Waals surface area (Å²) >= 11 is 6.18. The molecule has 0 fully saturated rings. The van der Waals surface area contributed by atoms with E-state index in [0.29, 0.717) is 12.0 Å². The fourth-order valence-corrected chi connectivity index (χ4v) is 2.88. The van der Waals surface area contributed by atoms with Gasteiger partial charge in [-0.15, -0.1) is 0 Å². The van der Waals surface area contributed by atoms with Crippen molar-refractivity contribution >= 4 is 11.6 Å². The van der Waals surface area contributed by atoms with Gasteiger partial charge in [-0.2, -0.15) is 4.68 Å². The number of nitrogens with zero attached hydrogens (tertiary/aromatic N) is 2. The molecule has 128 valence electrons. The normalized spacial score (nSPS) is 10.8. The number of aromatic nitrogens is 2. The third kappa shape index (κ3) is 3.51. The molecular formula is C19H18ClN3O2.